The summed E-state index contributed by atoms with van der Waals surface area (Å²) in [5, 5.41) is 9.06. The van der Waals surface area contributed by atoms with Crippen LogP contribution in [0.25, 0.3) is 0 Å². The van der Waals surface area contributed by atoms with Crippen LogP contribution in [0.5, 0.6) is 0 Å². The summed E-state index contributed by atoms with van der Waals surface area (Å²) in [6, 6.07) is 0. The van der Waals surface area contributed by atoms with Gasteiger partial charge in [-0.05, 0) is 6.58 Å². The number of hydrogen-bond donors (Lipinski definition) is 1. The van der Waals surface area contributed by atoms with Gasteiger partial charge in [0.2, 0.25) is 6.20 Å². The van der Waals surface area contributed by atoms with Gasteiger partial charge >= 0.3 is 0 Å². The Labute approximate surface area is 35.2 Å². The molecule has 0 aromatic heterocycles. The van der Waals surface area contributed by atoms with Crippen molar-refractivity contribution in [3.05, 3.63) is 22.9 Å². The molecular weight excluding hydrogens is 84.0 g/mol. The monoisotopic (exact) mass is 90.0 g/mol. The maximum atomic E-state index is 9.06. The van der Waals surface area contributed by atoms with Gasteiger partial charge in [-0.1, -0.05) is 0 Å². The van der Waals surface area contributed by atoms with Gasteiger partial charge in [-0.2, -0.15) is 0 Å². The molecule has 6 heavy (non-hydrogen) atoms. The summed E-state index contributed by atoms with van der Waals surface area (Å²) in [5.41, 5.74) is 0. The van der Waals surface area contributed by atoms with Crippen LogP contribution < -0.4 is 6.15 Å². The third-order valence-corrected chi connectivity index (χ3v) is 0.149. The Morgan fingerprint density at radius 2 is 2.00 bits per heavy atom. The Hall–Kier alpha value is -0.900. The quantitative estimate of drug-likeness (QED) is 0.377. The van der Waals surface area contributed by atoms with Crippen LogP contribution in [0.1, 0.15) is 0 Å². The Bertz CT molecular complexity index is 60.6. The fourth-order valence-electron chi connectivity index (χ4n) is 0. The van der Waals surface area contributed by atoms with E-state index in [-0.39, 0.29) is 6.15 Å². The SMILES string of the molecule is C=C[N+](=O)[O-].N. The van der Waals surface area contributed by atoms with E-state index in [0.29, 0.717) is 6.20 Å². The van der Waals surface area contributed by atoms with Gasteiger partial charge in [-0.25, -0.2) is 0 Å². The van der Waals surface area contributed by atoms with Gasteiger partial charge in [-0.15, -0.1) is 0 Å². The van der Waals surface area contributed by atoms with Crippen LogP contribution in [0.4, 0.5) is 0 Å². The zero-order valence-corrected chi connectivity index (χ0v) is 3.26. The molecule has 4 nitrogen and oxygen atoms in total. The van der Waals surface area contributed by atoms with Crippen molar-refractivity contribution in [1.82, 2.24) is 6.15 Å². The predicted octanol–water partition coefficient (Wildman–Crippen LogP) is 0.569. The Balaban J connectivity index is 0. The molecule has 0 atom stereocenters. The van der Waals surface area contributed by atoms with Crippen molar-refractivity contribution in [2.24, 2.45) is 0 Å². The molecule has 0 amide bonds. The van der Waals surface area contributed by atoms with Crippen molar-refractivity contribution in [3.63, 3.8) is 0 Å². The number of rotatable bonds is 1. The van der Waals surface area contributed by atoms with Crippen LogP contribution in [0, 0.1) is 10.1 Å². The minimum absolute atomic E-state index is 0. The summed E-state index contributed by atoms with van der Waals surface area (Å²) >= 11 is 0. The van der Waals surface area contributed by atoms with Gasteiger partial charge in [0, 0.05) is 0 Å². The topological polar surface area (TPSA) is 78.1 Å². The second-order valence-electron chi connectivity index (χ2n) is 0.468. The molecule has 0 bridgehead atoms. The number of nitro groups is 1. The van der Waals surface area contributed by atoms with E-state index in [1.54, 1.807) is 0 Å². The lowest BCUT2D eigenvalue weighted by atomic mass is 11.1. The van der Waals surface area contributed by atoms with E-state index in [2.05, 4.69) is 6.58 Å². The smallest absolute Gasteiger partial charge is 0.227 e. The third-order valence-electron chi connectivity index (χ3n) is 0.149. The Morgan fingerprint density at radius 1 is 1.83 bits per heavy atom. The van der Waals surface area contributed by atoms with Gasteiger partial charge < -0.3 is 6.15 Å². The molecule has 36 valence electrons. The van der Waals surface area contributed by atoms with Crippen molar-refractivity contribution in [2.75, 3.05) is 0 Å². The summed E-state index contributed by atoms with van der Waals surface area (Å²) in [5.74, 6) is 0. The summed E-state index contributed by atoms with van der Waals surface area (Å²) in [6.45, 7) is 2.86. The highest BCUT2D eigenvalue weighted by atomic mass is 16.6. The van der Waals surface area contributed by atoms with Crippen molar-refractivity contribution < 1.29 is 4.92 Å². The molecule has 0 spiro atoms. The fraction of sp³-hybridized carbons (Fsp3) is 0. The van der Waals surface area contributed by atoms with Crippen LogP contribution in [0.3, 0.4) is 0 Å². The van der Waals surface area contributed by atoms with Gasteiger partial charge in [0.25, 0.3) is 0 Å². The molecule has 0 unspecified atom stereocenters. The van der Waals surface area contributed by atoms with Crippen LogP contribution in [0.2, 0.25) is 0 Å². The first-order chi connectivity index (χ1) is 2.27. The second kappa shape index (κ2) is 4.10. The maximum Gasteiger partial charge on any atom is 0.227 e. The minimum atomic E-state index is -0.611. The largest absolute Gasteiger partial charge is 0.344 e. The van der Waals surface area contributed by atoms with Crippen LogP contribution >= 0.6 is 0 Å². The third kappa shape index (κ3) is 11.3. The van der Waals surface area contributed by atoms with E-state index >= 15 is 0 Å². The number of nitrogens with zero attached hydrogens (tertiary/aromatic N) is 1. The highest BCUT2D eigenvalue weighted by molar-refractivity contribution is 4.43. The van der Waals surface area contributed by atoms with E-state index in [4.69, 9.17) is 10.1 Å². The molecule has 0 aliphatic heterocycles. The summed E-state index contributed by atoms with van der Waals surface area (Å²) in [4.78, 5) is 8.44. The fourth-order valence-corrected chi connectivity index (χ4v) is 0. The molecular formula is C2H6N2O2. The minimum Gasteiger partial charge on any atom is -0.344 e. The highest BCUT2D eigenvalue weighted by Gasteiger charge is 1.69. The van der Waals surface area contributed by atoms with Gasteiger partial charge in [0.15, 0.2) is 0 Å². The van der Waals surface area contributed by atoms with Crippen molar-refractivity contribution >= 4 is 0 Å². The summed E-state index contributed by atoms with van der Waals surface area (Å²) < 4.78 is 0. The molecule has 4 heteroatoms. The Kier molecular flexibility index (Phi) is 6.10. The molecule has 0 aromatic rings. The highest BCUT2D eigenvalue weighted by Crippen LogP contribution is 1.57. The molecule has 0 aliphatic carbocycles. The molecule has 0 radical (unpaired) electrons. The second-order valence-corrected chi connectivity index (χ2v) is 0.468. The van der Waals surface area contributed by atoms with E-state index in [9.17, 15) is 0 Å². The van der Waals surface area contributed by atoms with Crippen LogP contribution in [-0.2, 0) is 0 Å². The Morgan fingerprint density at radius 3 is 2.00 bits per heavy atom. The lowest BCUT2D eigenvalue weighted by Gasteiger charge is -1.65. The van der Waals surface area contributed by atoms with Crippen molar-refractivity contribution in [1.29, 1.82) is 0 Å². The maximum absolute atomic E-state index is 9.06. The zero-order valence-electron chi connectivity index (χ0n) is 3.26. The predicted molar refractivity (Wildman–Crippen MR) is 22.2 cm³/mol. The van der Waals surface area contributed by atoms with E-state index < -0.39 is 4.92 Å². The molecule has 0 saturated carbocycles. The average molecular weight is 90.1 g/mol. The van der Waals surface area contributed by atoms with Crippen LogP contribution in [0.15, 0.2) is 12.8 Å². The molecule has 0 aromatic carbocycles. The molecule has 0 saturated heterocycles. The first-order valence-electron chi connectivity index (χ1n) is 1.03. The average Bonchev–Trinajstić information content (AvgIpc) is 1.38. The normalized spacial score (nSPS) is 5.33. The first-order valence-corrected chi connectivity index (χ1v) is 1.03. The molecule has 0 heterocycles. The summed E-state index contributed by atoms with van der Waals surface area (Å²) in [6.07, 6.45) is 0.639. The lowest BCUT2D eigenvalue weighted by Crippen LogP contribution is -1.77. The summed E-state index contributed by atoms with van der Waals surface area (Å²) in [7, 11) is 0. The molecule has 0 aliphatic rings. The zero-order chi connectivity index (χ0) is 4.28. The lowest BCUT2D eigenvalue weighted by molar-refractivity contribution is -0.401. The van der Waals surface area contributed by atoms with Gasteiger partial charge in [0.1, 0.15) is 0 Å². The van der Waals surface area contributed by atoms with E-state index in [1.807, 2.05) is 0 Å². The van der Waals surface area contributed by atoms with E-state index in [1.165, 1.54) is 0 Å². The number of hydrogen-bond acceptors (Lipinski definition) is 3. The van der Waals surface area contributed by atoms with E-state index in [0.717, 1.165) is 0 Å². The molecule has 0 fully saturated rings. The first kappa shape index (κ1) is 8.92. The van der Waals surface area contributed by atoms with Crippen LogP contribution in [-0.4, -0.2) is 4.92 Å². The molecule has 3 N–H and O–H groups in total. The van der Waals surface area contributed by atoms with Gasteiger partial charge in [-0.3, -0.25) is 10.1 Å². The van der Waals surface area contributed by atoms with Gasteiger partial charge in [0.05, 0.1) is 4.92 Å². The van der Waals surface area contributed by atoms with Crippen molar-refractivity contribution in [2.45, 2.75) is 0 Å². The van der Waals surface area contributed by atoms with Crippen molar-refractivity contribution in [3.8, 4) is 0 Å². The molecule has 0 rings (SSSR count). The standard InChI is InChI=1S/C2H3NO2.H3N/c1-2-3(4)5;/h2H,1H2;1H3.